The number of halogens is 4. The largest absolute Gasteiger partial charge is 0.355 e. The van der Waals surface area contributed by atoms with Crippen LogP contribution in [0.2, 0.25) is 0 Å². The molecule has 1 aromatic carbocycles. The highest BCUT2D eigenvalue weighted by Crippen LogP contribution is 2.34. The van der Waals surface area contributed by atoms with Crippen molar-refractivity contribution in [3.05, 3.63) is 94.6 Å². The van der Waals surface area contributed by atoms with Crippen LogP contribution >= 0.6 is 0 Å². The zero-order valence-corrected chi connectivity index (χ0v) is 17.3. The van der Waals surface area contributed by atoms with Crippen molar-refractivity contribution in [2.24, 2.45) is 0 Å². The van der Waals surface area contributed by atoms with Crippen LogP contribution in [0.15, 0.2) is 48.5 Å². The number of hydrogen-bond acceptors (Lipinski definition) is 2. The summed E-state index contributed by atoms with van der Waals surface area (Å²) in [6.45, 7) is 0. The molecule has 0 amide bonds. The smallest absolute Gasteiger partial charge is 0.169 e. The minimum absolute atomic E-state index is 0.0376. The summed E-state index contributed by atoms with van der Waals surface area (Å²) >= 11 is 0. The third-order valence-corrected chi connectivity index (χ3v) is 5.55. The molecular formula is C26H14F4N4. The van der Waals surface area contributed by atoms with E-state index in [-0.39, 0.29) is 17.1 Å². The third-order valence-electron chi connectivity index (χ3n) is 5.55. The maximum Gasteiger partial charge on any atom is 0.169 e. The summed E-state index contributed by atoms with van der Waals surface area (Å²) in [6, 6.07) is 12.4. The second kappa shape index (κ2) is 7.55. The third kappa shape index (κ3) is 3.49. The van der Waals surface area contributed by atoms with Gasteiger partial charge in [-0.25, -0.2) is 27.5 Å². The Kier molecular flexibility index (Phi) is 4.48. The van der Waals surface area contributed by atoms with Crippen LogP contribution in [0.3, 0.4) is 0 Å². The zero-order chi connectivity index (χ0) is 23.4. The Hall–Kier alpha value is -4.46. The number of nitrogens with zero attached hydrogens (tertiary/aromatic N) is 2. The summed E-state index contributed by atoms with van der Waals surface area (Å²) in [7, 11) is 0. The first kappa shape index (κ1) is 20.2. The number of aromatic amines is 2. The van der Waals surface area contributed by atoms with Crippen molar-refractivity contribution >= 4 is 46.4 Å². The summed E-state index contributed by atoms with van der Waals surface area (Å²) in [6.07, 6.45) is 7.14. The molecule has 4 nitrogen and oxygen atoms in total. The van der Waals surface area contributed by atoms with Gasteiger partial charge in [-0.1, -0.05) is 0 Å². The number of benzene rings is 1. The van der Waals surface area contributed by atoms with Crippen LogP contribution < -0.4 is 0 Å². The molecule has 0 aliphatic carbocycles. The van der Waals surface area contributed by atoms with Crippen LogP contribution in [0.4, 0.5) is 17.6 Å². The number of nitrogens with one attached hydrogen (secondary N) is 2. The van der Waals surface area contributed by atoms with Crippen molar-refractivity contribution in [1.29, 1.82) is 0 Å². The Balaban J connectivity index is 1.71. The number of hydrogen-bond donors (Lipinski definition) is 2. The highest BCUT2D eigenvalue weighted by molar-refractivity contribution is 5.88. The van der Waals surface area contributed by atoms with E-state index in [4.69, 9.17) is 0 Å². The van der Waals surface area contributed by atoms with E-state index in [0.29, 0.717) is 28.3 Å². The number of aromatic nitrogens is 4. The van der Waals surface area contributed by atoms with Crippen molar-refractivity contribution in [2.75, 3.05) is 0 Å². The lowest BCUT2D eigenvalue weighted by Gasteiger charge is -2.05. The van der Waals surface area contributed by atoms with Crippen LogP contribution in [-0.2, 0) is 0 Å². The van der Waals surface area contributed by atoms with Crippen LogP contribution in [0.5, 0.6) is 0 Å². The van der Waals surface area contributed by atoms with Gasteiger partial charge in [0.25, 0.3) is 0 Å². The minimum atomic E-state index is -1.48. The Labute approximate surface area is 190 Å². The standard InChI is InChI=1S/C26H14F4N4/c27-21-12-22(28)26(30)24(25(21)29)20-10-19-9-17-4-3-15(32-17)7-13-1-2-14(31-13)8-16-5-6-18(33-16)11-23(20)34-19/h1-12,31,34H. The van der Waals surface area contributed by atoms with Gasteiger partial charge < -0.3 is 9.97 Å². The first-order valence-electron chi connectivity index (χ1n) is 10.3. The fraction of sp³-hybridized carbons (Fsp3) is 0. The van der Waals surface area contributed by atoms with Gasteiger partial charge in [0, 0.05) is 33.7 Å². The SMILES string of the molecule is Fc1cc(F)c(F)c(-c2cc3cc4nc(cc5ccc(cc6nc(cc2[nH]3)C=C6)[nH]5)C=C4)c1F. The van der Waals surface area contributed by atoms with Crippen molar-refractivity contribution < 1.29 is 17.6 Å². The van der Waals surface area contributed by atoms with Crippen LogP contribution in [0.1, 0.15) is 22.8 Å². The molecule has 5 heterocycles. The molecule has 2 aliphatic heterocycles. The van der Waals surface area contributed by atoms with E-state index in [1.165, 1.54) is 6.07 Å². The van der Waals surface area contributed by atoms with Crippen LogP contribution in [0.25, 0.3) is 57.5 Å². The quantitative estimate of drug-likeness (QED) is 0.208. The van der Waals surface area contributed by atoms with Gasteiger partial charge in [-0.3, -0.25) is 0 Å². The summed E-state index contributed by atoms with van der Waals surface area (Å²) in [4.78, 5) is 15.4. The predicted molar refractivity (Wildman–Crippen MR) is 124 cm³/mol. The normalized spacial score (nSPS) is 12.5. The predicted octanol–water partition coefficient (Wildman–Crippen LogP) is 6.88. The second-order valence-electron chi connectivity index (χ2n) is 7.93. The Morgan fingerprint density at radius 2 is 1.03 bits per heavy atom. The first-order chi connectivity index (χ1) is 16.4. The van der Waals surface area contributed by atoms with Gasteiger partial charge in [0.2, 0.25) is 0 Å². The molecule has 8 heteroatoms. The summed E-state index contributed by atoms with van der Waals surface area (Å²) in [5.41, 5.74) is 4.02. The average Bonchev–Trinajstić information content (AvgIpc) is 3.58. The molecule has 0 fully saturated rings. The Bertz CT molecular complexity index is 1680. The molecule has 0 atom stereocenters. The van der Waals surface area contributed by atoms with Gasteiger partial charge in [-0.15, -0.1) is 0 Å². The van der Waals surface area contributed by atoms with E-state index in [1.54, 1.807) is 30.4 Å². The molecule has 166 valence electrons. The van der Waals surface area contributed by atoms with Crippen molar-refractivity contribution in [3.8, 4) is 11.1 Å². The topological polar surface area (TPSA) is 57.4 Å². The molecule has 0 unspecified atom stereocenters. The number of H-pyrrole nitrogens is 2. The van der Waals surface area contributed by atoms with E-state index < -0.39 is 28.8 Å². The molecule has 2 N–H and O–H groups in total. The van der Waals surface area contributed by atoms with Gasteiger partial charge in [-0.05, 0) is 66.8 Å². The molecule has 6 rings (SSSR count). The molecule has 2 aliphatic rings. The first-order valence-corrected chi connectivity index (χ1v) is 10.3. The summed E-state index contributed by atoms with van der Waals surface area (Å²) in [5.74, 6) is -5.90. The molecule has 0 radical (unpaired) electrons. The lowest BCUT2D eigenvalue weighted by molar-refractivity contribution is 0.458. The van der Waals surface area contributed by atoms with E-state index in [2.05, 4.69) is 19.9 Å². The van der Waals surface area contributed by atoms with E-state index in [9.17, 15) is 17.6 Å². The maximum atomic E-state index is 14.7. The van der Waals surface area contributed by atoms with E-state index >= 15 is 0 Å². The fourth-order valence-corrected chi connectivity index (χ4v) is 4.03. The molecule has 0 spiro atoms. The lowest BCUT2D eigenvalue weighted by Crippen LogP contribution is -1.98. The van der Waals surface area contributed by atoms with E-state index in [0.717, 1.165) is 11.0 Å². The van der Waals surface area contributed by atoms with Gasteiger partial charge in [-0.2, -0.15) is 0 Å². The van der Waals surface area contributed by atoms with Crippen LogP contribution in [0, 0.1) is 23.3 Å². The minimum Gasteiger partial charge on any atom is -0.355 e. The lowest BCUT2D eigenvalue weighted by atomic mass is 10.0. The van der Waals surface area contributed by atoms with Crippen LogP contribution in [-0.4, -0.2) is 19.9 Å². The molecule has 8 bridgehead atoms. The van der Waals surface area contributed by atoms with Gasteiger partial charge in [0.05, 0.1) is 28.3 Å². The summed E-state index contributed by atoms with van der Waals surface area (Å²) < 4.78 is 57.3. The monoisotopic (exact) mass is 458 g/mol. The van der Waals surface area contributed by atoms with Crippen molar-refractivity contribution in [1.82, 2.24) is 19.9 Å². The second-order valence-corrected chi connectivity index (χ2v) is 7.93. The highest BCUT2D eigenvalue weighted by atomic mass is 19.2. The number of fused-ring (bicyclic) bond motifs is 8. The molecule has 34 heavy (non-hydrogen) atoms. The molecule has 0 saturated heterocycles. The molecule has 3 aromatic heterocycles. The molecular weight excluding hydrogens is 444 g/mol. The zero-order valence-electron chi connectivity index (χ0n) is 17.3. The average molecular weight is 458 g/mol. The Morgan fingerprint density at radius 3 is 1.59 bits per heavy atom. The van der Waals surface area contributed by atoms with E-state index in [1.807, 2.05) is 30.3 Å². The number of rotatable bonds is 1. The fourth-order valence-electron chi connectivity index (χ4n) is 4.03. The van der Waals surface area contributed by atoms with Gasteiger partial charge >= 0.3 is 0 Å². The highest BCUT2D eigenvalue weighted by Gasteiger charge is 2.22. The molecule has 0 saturated carbocycles. The molecule has 4 aromatic rings. The maximum absolute atomic E-state index is 14.7. The Morgan fingerprint density at radius 1 is 0.529 bits per heavy atom. The van der Waals surface area contributed by atoms with Crippen molar-refractivity contribution in [2.45, 2.75) is 0 Å². The van der Waals surface area contributed by atoms with Crippen molar-refractivity contribution in [3.63, 3.8) is 0 Å². The van der Waals surface area contributed by atoms with Gasteiger partial charge in [0.1, 0.15) is 0 Å². The summed E-state index contributed by atoms with van der Waals surface area (Å²) in [5, 5.41) is 0. The van der Waals surface area contributed by atoms with Gasteiger partial charge in [0.15, 0.2) is 23.3 Å².